The van der Waals surface area contributed by atoms with Crippen LogP contribution in [0.2, 0.25) is 0 Å². The van der Waals surface area contributed by atoms with Gasteiger partial charge >= 0.3 is 0 Å². The number of rotatable bonds is 5. The lowest BCUT2D eigenvalue weighted by atomic mass is 10.2. The molecule has 2 rings (SSSR count). The number of hydrogen-bond acceptors (Lipinski definition) is 4. The summed E-state index contributed by atoms with van der Waals surface area (Å²) in [5.41, 5.74) is 0.449. The fraction of sp³-hybridized carbons (Fsp3) is 0.143. The molecular formula is C14H12F2N2O2S. The fourth-order valence-electron chi connectivity index (χ4n) is 1.77. The van der Waals surface area contributed by atoms with Crippen LogP contribution >= 0.6 is 11.8 Å². The van der Waals surface area contributed by atoms with Crippen molar-refractivity contribution in [3.8, 4) is 0 Å². The molecular weight excluding hydrogens is 298 g/mol. The molecule has 0 saturated carbocycles. The highest BCUT2D eigenvalue weighted by Crippen LogP contribution is 2.33. The van der Waals surface area contributed by atoms with Gasteiger partial charge in [0.25, 0.3) is 5.69 Å². The molecule has 21 heavy (non-hydrogen) atoms. The molecule has 2 aromatic carbocycles. The van der Waals surface area contributed by atoms with Crippen molar-refractivity contribution in [3.63, 3.8) is 0 Å². The first kappa shape index (κ1) is 15.4. The van der Waals surface area contributed by atoms with Crippen molar-refractivity contribution < 1.29 is 13.7 Å². The van der Waals surface area contributed by atoms with Crippen molar-refractivity contribution in [1.82, 2.24) is 5.32 Å². The Labute approximate surface area is 124 Å². The molecule has 0 radical (unpaired) electrons. The molecule has 0 aliphatic heterocycles. The van der Waals surface area contributed by atoms with E-state index in [4.69, 9.17) is 0 Å². The van der Waals surface area contributed by atoms with Crippen molar-refractivity contribution in [1.29, 1.82) is 0 Å². The molecule has 0 saturated heterocycles. The van der Waals surface area contributed by atoms with E-state index in [0.717, 1.165) is 11.8 Å². The minimum Gasteiger partial charge on any atom is -0.316 e. The summed E-state index contributed by atoms with van der Waals surface area (Å²) in [5.74, 6) is -1.30. The summed E-state index contributed by atoms with van der Waals surface area (Å²) in [7, 11) is 1.69. The van der Waals surface area contributed by atoms with E-state index in [2.05, 4.69) is 5.32 Å². The van der Waals surface area contributed by atoms with Crippen LogP contribution in [-0.4, -0.2) is 12.0 Å². The molecule has 110 valence electrons. The van der Waals surface area contributed by atoms with Gasteiger partial charge in [-0.2, -0.15) is 0 Å². The molecule has 0 bridgehead atoms. The van der Waals surface area contributed by atoms with Gasteiger partial charge in [0.2, 0.25) is 0 Å². The van der Waals surface area contributed by atoms with Gasteiger partial charge in [-0.15, -0.1) is 0 Å². The molecule has 0 fully saturated rings. The van der Waals surface area contributed by atoms with Gasteiger partial charge in [-0.25, -0.2) is 8.78 Å². The Morgan fingerprint density at radius 3 is 2.24 bits per heavy atom. The first-order chi connectivity index (χ1) is 10.0. The largest absolute Gasteiger partial charge is 0.316 e. The number of nitro benzene ring substituents is 1. The summed E-state index contributed by atoms with van der Waals surface area (Å²) in [5, 5.41) is 13.4. The highest BCUT2D eigenvalue weighted by Gasteiger charge is 2.13. The van der Waals surface area contributed by atoms with Crippen LogP contribution in [0.1, 0.15) is 5.56 Å². The van der Waals surface area contributed by atoms with Crippen LogP contribution in [0.15, 0.2) is 46.2 Å². The molecule has 0 amide bonds. The monoisotopic (exact) mass is 310 g/mol. The Morgan fingerprint density at radius 1 is 1.19 bits per heavy atom. The van der Waals surface area contributed by atoms with Crippen molar-refractivity contribution in [2.75, 3.05) is 7.05 Å². The van der Waals surface area contributed by atoms with Crippen molar-refractivity contribution in [2.24, 2.45) is 0 Å². The highest BCUT2D eigenvalue weighted by molar-refractivity contribution is 7.99. The van der Waals surface area contributed by atoms with Gasteiger partial charge in [-0.1, -0.05) is 11.8 Å². The third-order valence-corrected chi connectivity index (χ3v) is 3.81. The SMILES string of the molecule is CNCc1cc(F)c(Sc2ccc([N+](=O)[O-])cc2)c(F)c1. The maximum Gasteiger partial charge on any atom is 0.269 e. The van der Waals surface area contributed by atoms with Gasteiger partial charge in [-0.05, 0) is 36.9 Å². The number of non-ortho nitro benzene ring substituents is 1. The Morgan fingerprint density at radius 2 is 1.76 bits per heavy atom. The molecule has 0 unspecified atom stereocenters. The van der Waals surface area contributed by atoms with Gasteiger partial charge in [0.05, 0.1) is 9.82 Å². The van der Waals surface area contributed by atoms with Gasteiger partial charge in [0.15, 0.2) is 0 Å². The average Bonchev–Trinajstić information content (AvgIpc) is 2.44. The second kappa shape index (κ2) is 6.64. The number of nitrogens with one attached hydrogen (secondary N) is 1. The maximum absolute atomic E-state index is 13.9. The Bertz CT molecular complexity index is 640. The fourth-order valence-corrected chi connectivity index (χ4v) is 2.59. The first-order valence-electron chi connectivity index (χ1n) is 6.06. The molecule has 1 N–H and O–H groups in total. The van der Waals surface area contributed by atoms with E-state index in [1.807, 2.05) is 0 Å². The second-order valence-electron chi connectivity index (χ2n) is 4.27. The third kappa shape index (κ3) is 3.77. The summed E-state index contributed by atoms with van der Waals surface area (Å²) in [6.45, 7) is 0.371. The number of benzene rings is 2. The van der Waals surface area contributed by atoms with Crippen LogP contribution in [0, 0.1) is 21.7 Å². The molecule has 0 aliphatic rings. The molecule has 4 nitrogen and oxygen atoms in total. The molecule has 0 spiro atoms. The van der Waals surface area contributed by atoms with E-state index in [-0.39, 0.29) is 10.6 Å². The zero-order valence-corrected chi connectivity index (χ0v) is 11.9. The van der Waals surface area contributed by atoms with Gasteiger partial charge in [0, 0.05) is 23.6 Å². The minimum absolute atomic E-state index is 0.0651. The van der Waals surface area contributed by atoms with E-state index in [0.29, 0.717) is 17.0 Å². The number of halogens is 2. The predicted molar refractivity (Wildman–Crippen MR) is 76.3 cm³/mol. The van der Waals surface area contributed by atoms with Crippen LogP contribution in [-0.2, 0) is 6.54 Å². The standard InChI is InChI=1S/C14H12F2N2O2S/c1-17-8-9-6-12(15)14(13(16)7-9)21-11-4-2-10(3-5-11)18(19)20/h2-7,17H,8H2,1H3. The van der Waals surface area contributed by atoms with E-state index in [1.165, 1.54) is 36.4 Å². The van der Waals surface area contributed by atoms with Gasteiger partial charge < -0.3 is 5.32 Å². The van der Waals surface area contributed by atoms with E-state index in [1.54, 1.807) is 7.05 Å². The number of nitrogens with zero attached hydrogens (tertiary/aromatic N) is 1. The third-order valence-electron chi connectivity index (χ3n) is 2.71. The predicted octanol–water partition coefficient (Wildman–Crippen LogP) is 3.74. The summed E-state index contributed by atoms with van der Waals surface area (Å²) in [6, 6.07) is 8.06. The lowest BCUT2D eigenvalue weighted by molar-refractivity contribution is -0.384. The zero-order valence-electron chi connectivity index (χ0n) is 11.1. The minimum atomic E-state index is -0.649. The lowest BCUT2D eigenvalue weighted by Gasteiger charge is -2.07. The lowest BCUT2D eigenvalue weighted by Crippen LogP contribution is -2.06. The average molecular weight is 310 g/mol. The van der Waals surface area contributed by atoms with Crippen molar-refractivity contribution in [3.05, 3.63) is 63.7 Å². The van der Waals surface area contributed by atoms with Crippen molar-refractivity contribution in [2.45, 2.75) is 16.3 Å². The summed E-state index contributed by atoms with van der Waals surface area (Å²) in [4.78, 5) is 10.4. The Hall–Kier alpha value is -1.99. The number of nitro groups is 1. The zero-order chi connectivity index (χ0) is 15.4. The summed E-state index contributed by atoms with van der Waals surface area (Å²) in [6.07, 6.45) is 0. The van der Waals surface area contributed by atoms with Crippen LogP contribution in [0.3, 0.4) is 0 Å². The quantitative estimate of drug-likeness (QED) is 0.675. The smallest absolute Gasteiger partial charge is 0.269 e. The van der Waals surface area contributed by atoms with Crippen LogP contribution in [0.5, 0.6) is 0 Å². The molecule has 0 atom stereocenters. The van der Waals surface area contributed by atoms with E-state index < -0.39 is 16.6 Å². The van der Waals surface area contributed by atoms with Crippen LogP contribution in [0.4, 0.5) is 14.5 Å². The van der Waals surface area contributed by atoms with E-state index >= 15 is 0 Å². The Kier molecular flexibility index (Phi) is 4.87. The normalized spacial score (nSPS) is 10.6. The van der Waals surface area contributed by atoms with Crippen molar-refractivity contribution >= 4 is 17.4 Å². The Balaban J connectivity index is 2.24. The maximum atomic E-state index is 13.9. The highest BCUT2D eigenvalue weighted by atomic mass is 32.2. The van der Waals surface area contributed by atoms with Gasteiger partial charge in [0.1, 0.15) is 11.6 Å². The summed E-state index contributed by atoms with van der Waals surface area (Å²) >= 11 is 0.895. The molecule has 7 heteroatoms. The molecule has 0 aliphatic carbocycles. The molecule has 0 heterocycles. The van der Waals surface area contributed by atoms with Crippen LogP contribution in [0.25, 0.3) is 0 Å². The first-order valence-corrected chi connectivity index (χ1v) is 6.87. The second-order valence-corrected chi connectivity index (χ2v) is 5.36. The van der Waals surface area contributed by atoms with E-state index in [9.17, 15) is 18.9 Å². The topological polar surface area (TPSA) is 55.2 Å². The molecule has 0 aromatic heterocycles. The molecule has 2 aromatic rings. The summed E-state index contributed by atoms with van der Waals surface area (Å²) < 4.78 is 27.9. The van der Waals surface area contributed by atoms with Crippen LogP contribution < -0.4 is 5.32 Å². The van der Waals surface area contributed by atoms with Gasteiger partial charge in [-0.3, -0.25) is 10.1 Å². The number of hydrogen-bond donors (Lipinski definition) is 1.